The van der Waals surface area contributed by atoms with Crippen LogP contribution in [0.1, 0.15) is 5.82 Å². The number of ether oxygens (including phenoxy) is 1. The average molecular weight is 455 g/mol. The minimum absolute atomic E-state index is 0.233. The Hall–Kier alpha value is -3.44. The number of para-hydroxylation sites is 3. The van der Waals surface area contributed by atoms with Crippen LogP contribution in [-0.2, 0) is 17.1 Å². The molecule has 0 atom stereocenters. The van der Waals surface area contributed by atoms with Gasteiger partial charge in [0.1, 0.15) is 18.1 Å². The number of rotatable bonds is 8. The predicted molar refractivity (Wildman–Crippen MR) is 121 cm³/mol. The van der Waals surface area contributed by atoms with Crippen molar-refractivity contribution in [2.75, 3.05) is 12.4 Å². The molecule has 0 aliphatic carbocycles. The number of hydrogen-bond acceptors (Lipinski definition) is 9. The van der Waals surface area contributed by atoms with E-state index in [0.717, 1.165) is 5.69 Å². The van der Waals surface area contributed by atoms with Gasteiger partial charge in [-0.3, -0.25) is 14.2 Å². The van der Waals surface area contributed by atoms with Gasteiger partial charge in [-0.25, -0.2) is 4.98 Å². The molecule has 0 aliphatic heterocycles. The second-order valence-corrected chi connectivity index (χ2v) is 8.59. The second-order valence-electron chi connectivity index (χ2n) is 6.39. The van der Waals surface area contributed by atoms with E-state index in [1.165, 1.54) is 27.7 Å². The summed E-state index contributed by atoms with van der Waals surface area (Å²) in [5, 5.41) is 12.6. The monoisotopic (exact) mass is 454 g/mol. The predicted octanol–water partition coefficient (Wildman–Crippen LogP) is 2.78. The Kier molecular flexibility index (Phi) is 6.14. The Morgan fingerprint density at radius 1 is 1.19 bits per heavy atom. The van der Waals surface area contributed by atoms with Gasteiger partial charge in [-0.2, -0.15) is 0 Å². The number of carbonyl (C=O) groups is 1. The highest BCUT2D eigenvalue weighted by molar-refractivity contribution is 8.00. The van der Waals surface area contributed by atoms with Gasteiger partial charge in [-0.1, -0.05) is 47.4 Å². The van der Waals surface area contributed by atoms with E-state index in [4.69, 9.17) is 10.5 Å². The molecule has 0 aliphatic rings. The lowest BCUT2D eigenvalue weighted by Gasteiger charge is -2.11. The number of benzene rings is 2. The van der Waals surface area contributed by atoms with Crippen LogP contribution in [0.2, 0.25) is 0 Å². The standard InChI is InChI=1S/C20H18N6O3S2/c1-29-15-9-5-4-8-14(15)23-19-24-25-20(31-19)30-11-17-22-13-7-3-2-6-12(13)18(28)26(17)10-16(21)27/h2-9H,10-11H2,1H3,(H2,21,27)(H,23,24). The van der Waals surface area contributed by atoms with Crippen molar-refractivity contribution in [3.05, 3.63) is 64.7 Å². The number of primary amides is 1. The molecule has 0 spiro atoms. The van der Waals surface area contributed by atoms with Gasteiger partial charge in [-0.15, -0.1) is 10.2 Å². The molecule has 0 fully saturated rings. The Bertz CT molecular complexity index is 1300. The zero-order valence-corrected chi connectivity index (χ0v) is 18.1. The second kappa shape index (κ2) is 9.14. The maximum Gasteiger partial charge on any atom is 0.261 e. The van der Waals surface area contributed by atoms with Crippen molar-refractivity contribution in [1.82, 2.24) is 19.7 Å². The van der Waals surface area contributed by atoms with Crippen LogP contribution >= 0.6 is 23.1 Å². The number of thioether (sulfide) groups is 1. The summed E-state index contributed by atoms with van der Waals surface area (Å²) >= 11 is 2.73. The van der Waals surface area contributed by atoms with E-state index in [1.54, 1.807) is 25.3 Å². The Labute approximate surface area is 185 Å². The van der Waals surface area contributed by atoms with E-state index in [-0.39, 0.29) is 12.1 Å². The van der Waals surface area contributed by atoms with Gasteiger partial charge in [0.25, 0.3) is 5.56 Å². The lowest BCUT2D eigenvalue weighted by Crippen LogP contribution is -2.31. The molecule has 31 heavy (non-hydrogen) atoms. The summed E-state index contributed by atoms with van der Waals surface area (Å²) in [4.78, 5) is 28.9. The molecular formula is C20H18N6O3S2. The number of carbonyl (C=O) groups excluding carboxylic acids is 1. The molecule has 2 aromatic carbocycles. The van der Waals surface area contributed by atoms with Crippen LogP contribution in [0.25, 0.3) is 10.9 Å². The van der Waals surface area contributed by atoms with Gasteiger partial charge in [-0.05, 0) is 24.3 Å². The highest BCUT2D eigenvalue weighted by Crippen LogP contribution is 2.32. The SMILES string of the molecule is COc1ccccc1Nc1nnc(SCc2nc3ccccc3c(=O)n2CC(N)=O)s1. The van der Waals surface area contributed by atoms with Crippen LogP contribution in [0, 0.1) is 0 Å². The average Bonchev–Trinajstić information content (AvgIpc) is 3.22. The van der Waals surface area contributed by atoms with E-state index in [2.05, 4.69) is 20.5 Å². The molecule has 2 heterocycles. The highest BCUT2D eigenvalue weighted by atomic mass is 32.2. The number of nitrogens with two attached hydrogens (primary N) is 1. The highest BCUT2D eigenvalue weighted by Gasteiger charge is 2.15. The van der Waals surface area contributed by atoms with Crippen molar-refractivity contribution in [1.29, 1.82) is 0 Å². The quantitative estimate of drug-likeness (QED) is 0.389. The molecule has 3 N–H and O–H groups in total. The fourth-order valence-electron chi connectivity index (χ4n) is 2.95. The molecule has 9 nitrogen and oxygen atoms in total. The summed E-state index contributed by atoms with van der Waals surface area (Å²) in [5.74, 6) is 0.866. The third kappa shape index (κ3) is 4.67. The molecule has 11 heteroatoms. The first-order chi connectivity index (χ1) is 15.0. The van der Waals surface area contributed by atoms with Gasteiger partial charge < -0.3 is 15.8 Å². The third-order valence-corrected chi connectivity index (χ3v) is 6.30. The number of aromatic nitrogens is 4. The summed E-state index contributed by atoms with van der Waals surface area (Å²) < 4.78 is 7.33. The molecular weight excluding hydrogens is 436 g/mol. The molecule has 0 saturated heterocycles. The normalized spacial score (nSPS) is 10.9. The zero-order chi connectivity index (χ0) is 21.8. The molecule has 4 aromatic rings. The first-order valence-electron chi connectivity index (χ1n) is 9.18. The maximum absolute atomic E-state index is 12.8. The topological polar surface area (TPSA) is 125 Å². The number of anilines is 2. The summed E-state index contributed by atoms with van der Waals surface area (Å²) in [7, 11) is 1.60. The van der Waals surface area contributed by atoms with Crippen LogP contribution in [-0.4, -0.2) is 32.8 Å². The smallest absolute Gasteiger partial charge is 0.261 e. The number of nitrogens with one attached hydrogen (secondary N) is 1. The molecule has 4 rings (SSSR count). The molecule has 0 radical (unpaired) electrons. The van der Waals surface area contributed by atoms with Gasteiger partial charge in [0.2, 0.25) is 11.0 Å². The lowest BCUT2D eigenvalue weighted by molar-refractivity contribution is -0.118. The van der Waals surface area contributed by atoms with E-state index in [1.807, 2.05) is 30.3 Å². The minimum atomic E-state index is -0.607. The third-order valence-electron chi connectivity index (χ3n) is 4.33. The first-order valence-corrected chi connectivity index (χ1v) is 11.0. The number of nitrogens with zero attached hydrogens (tertiary/aromatic N) is 4. The van der Waals surface area contributed by atoms with E-state index < -0.39 is 5.91 Å². The first kappa shape index (κ1) is 20.8. The lowest BCUT2D eigenvalue weighted by atomic mass is 10.2. The van der Waals surface area contributed by atoms with Crippen LogP contribution < -0.4 is 21.3 Å². The van der Waals surface area contributed by atoms with Crippen LogP contribution in [0.3, 0.4) is 0 Å². The summed E-state index contributed by atoms with van der Waals surface area (Å²) in [5.41, 5.74) is 6.40. The zero-order valence-electron chi connectivity index (χ0n) is 16.4. The van der Waals surface area contributed by atoms with Gasteiger partial charge in [0.15, 0.2) is 4.34 Å². The largest absolute Gasteiger partial charge is 0.495 e. The minimum Gasteiger partial charge on any atom is -0.495 e. The molecule has 2 aromatic heterocycles. The van der Waals surface area contributed by atoms with E-state index >= 15 is 0 Å². The van der Waals surface area contributed by atoms with Crippen LogP contribution in [0.15, 0.2) is 57.7 Å². The van der Waals surface area contributed by atoms with Gasteiger partial charge in [0, 0.05) is 0 Å². The number of fused-ring (bicyclic) bond motifs is 1. The molecule has 0 saturated carbocycles. The molecule has 0 unspecified atom stereocenters. The molecule has 0 bridgehead atoms. The summed E-state index contributed by atoms with van der Waals surface area (Å²) in [6, 6.07) is 14.5. The van der Waals surface area contributed by atoms with Gasteiger partial charge >= 0.3 is 0 Å². The van der Waals surface area contributed by atoms with Crippen molar-refractivity contribution in [2.24, 2.45) is 5.73 Å². The Balaban J connectivity index is 1.55. The number of methoxy groups -OCH3 is 1. The van der Waals surface area contributed by atoms with Crippen molar-refractivity contribution in [3.63, 3.8) is 0 Å². The van der Waals surface area contributed by atoms with Crippen molar-refractivity contribution in [2.45, 2.75) is 16.6 Å². The van der Waals surface area contributed by atoms with Crippen LogP contribution in [0.4, 0.5) is 10.8 Å². The Morgan fingerprint density at radius 2 is 1.97 bits per heavy atom. The fourth-order valence-corrected chi connectivity index (χ4v) is 4.66. The van der Waals surface area contributed by atoms with Crippen molar-refractivity contribution >= 4 is 50.7 Å². The fraction of sp³-hybridized carbons (Fsp3) is 0.150. The van der Waals surface area contributed by atoms with E-state index in [0.29, 0.717) is 37.7 Å². The molecule has 158 valence electrons. The Morgan fingerprint density at radius 3 is 2.77 bits per heavy atom. The summed E-state index contributed by atoms with van der Waals surface area (Å²) in [6.45, 7) is -0.233. The van der Waals surface area contributed by atoms with E-state index in [9.17, 15) is 9.59 Å². The molecule has 1 amide bonds. The van der Waals surface area contributed by atoms with Crippen LogP contribution in [0.5, 0.6) is 5.75 Å². The van der Waals surface area contributed by atoms with Gasteiger partial charge in [0.05, 0.1) is 29.5 Å². The van der Waals surface area contributed by atoms with Crippen molar-refractivity contribution < 1.29 is 9.53 Å². The maximum atomic E-state index is 12.8. The number of hydrogen-bond donors (Lipinski definition) is 2. The van der Waals surface area contributed by atoms with Crippen molar-refractivity contribution in [3.8, 4) is 5.75 Å². The number of amides is 1. The summed E-state index contributed by atoms with van der Waals surface area (Å²) in [6.07, 6.45) is 0.